The highest BCUT2D eigenvalue weighted by Crippen LogP contribution is 2.43. The van der Waals surface area contributed by atoms with Crippen LogP contribution in [0.15, 0.2) is 0 Å². The fourth-order valence-electron chi connectivity index (χ4n) is 3.49. The SMILES string of the molecule is NC(CC(=O)N1CCn2c(nnc2C(F)(F)C(F)(F)F)C1)CN1CC(F)(F)CCC1=O. The highest BCUT2D eigenvalue weighted by Gasteiger charge is 2.62. The third-order valence-corrected chi connectivity index (χ3v) is 5.11. The van der Waals surface area contributed by atoms with Crippen molar-refractivity contribution in [2.24, 2.45) is 5.73 Å². The number of nitrogens with two attached hydrogens (primary N) is 1. The van der Waals surface area contributed by atoms with Crippen LogP contribution in [0.5, 0.6) is 0 Å². The number of piperidine rings is 1. The summed E-state index contributed by atoms with van der Waals surface area (Å²) in [6, 6.07) is -0.963. The molecule has 1 fully saturated rings. The number of nitrogens with zero attached hydrogens (tertiary/aromatic N) is 5. The van der Waals surface area contributed by atoms with E-state index in [-0.39, 0.29) is 44.8 Å². The fraction of sp³-hybridized carbons (Fsp3) is 0.750. The number of alkyl halides is 7. The third-order valence-electron chi connectivity index (χ3n) is 5.11. The number of amides is 2. The van der Waals surface area contributed by atoms with Crippen molar-refractivity contribution in [3.8, 4) is 0 Å². The van der Waals surface area contributed by atoms with Crippen molar-refractivity contribution in [2.75, 3.05) is 19.6 Å². The molecule has 8 nitrogen and oxygen atoms in total. The van der Waals surface area contributed by atoms with E-state index in [1.165, 1.54) is 0 Å². The molecule has 0 aromatic carbocycles. The van der Waals surface area contributed by atoms with Crippen molar-refractivity contribution in [1.82, 2.24) is 24.6 Å². The van der Waals surface area contributed by atoms with E-state index >= 15 is 0 Å². The van der Waals surface area contributed by atoms with E-state index in [4.69, 9.17) is 5.73 Å². The summed E-state index contributed by atoms with van der Waals surface area (Å²) in [4.78, 5) is 26.3. The number of likely N-dealkylation sites (tertiary alicyclic amines) is 1. The van der Waals surface area contributed by atoms with Crippen LogP contribution in [-0.2, 0) is 28.6 Å². The van der Waals surface area contributed by atoms with Crippen molar-refractivity contribution < 1.29 is 40.3 Å². The summed E-state index contributed by atoms with van der Waals surface area (Å²) in [6.07, 6.45) is -7.07. The second kappa shape index (κ2) is 7.91. The van der Waals surface area contributed by atoms with Crippen molar-refractivity contribution in [2.45, 2.75) is 56.4 Å². The van der Waals surface area contributed by atoms with E-state index in [0.717, 1.165) is 9.80 Å². The quantitative estimate of drug-likeness (QED) is 0.668. The van der Waals surface area contributed by atoms with Gasteiger partial charge in [0.15, 0.2) is 5.82 Å². The van der Waals surface area contributed by atoms with Gasteiger partial charge in [0, 0.05) is 44.9 Å². The molecule has 1 atom stereocenters. The summed E-state index contributed by atoms with van der Waals surface area (Å²) in [7, 11) is 0. The average molecular weight is 460 g/mol. The lowest BCUT2D eigenvalue weighted by Gasteiger charge is -2.34. The Hall–Kier alpha value is -2.45. The molecule has 174 valence electrons. The van der Waals surface area contributed by atoms with Crippen LogP contribution in [-0.4, -0.2) is 74.2 Å². The topological polar surface area (TPSA) is 97.3 Å². The first-order valence-electron chi connectivity index (χ1n) is 9.27. The molecule has 2 amide bonds. The largest absolute Gasteiger partial charge is 0.461 e. The molecule has 1 aromatic rings. The number of hydrogen-bond donors (Lipinski definition) is 1. The molecule has 0 bridgehead atoms. The zero-order valence-corrected chi connectivity index (χ0v) is 16.0. The molecule has 31 heavy (non-hydrogen) atoms. The first kappa shape index (κ1) is 23.2. The molecule has 0 radical (unpaired) electrons. The molecular formula is C16H19F7N6O2. The lowest BCUT2D eigenvalue weighted by atomic mass is 10.0. The molecule has 3 rings (SSSR count). The molecule has 2 aliphatic heterocycles. The van der Waals surface area contributed by atoms with E-state index in [0.29, 0.717) is 4.57 Å². The number of halogens is 7. The number of fused-ring (bicyclic) bond motifs is 1. The summed E-state index contributed by atoms with van der Waals surface area (Å²) in [6.45, 7) is -2.02. The zero-order valence-electron chi connectivity index (χ0n) is 16.0. The minimum absolute atomic E-state index is 0.196. The van der Waals surface area contributed by atoms with Crippen LogP contribution in [0.1, 0.15) is 30.9 Å². The molecule has 2 aliphatic rings. The number of carbonyl (C=O) groups excluding carboxylic acids is 2. The van der Waals surface area contributed by atoms with E-state index < -0.39 is 54.7 Å². The monoisotopic (exact) mass is 460 g/mol. The average Bonchev–Trinajstić information content (AvgIpc) is 3.07. The minimum atomic E-state index is -5.85. The fourth-order valence-corrected chi connectivity index (χ4v) is 3.49. The van der Waals surface area contributed by atoms with Gasteiger partial charge >= 0.3 is 12.1 Å². The Balaban J connectivity index is 1.61. The lowest BCUT2D eigenvalue weighted by Crippen LogP contribution is -2.51. The van der Waals surface area contributed by atoms with Gasteiger partial charge in [0.2, 0.25) is 17.6 Å². The second-order valence-electron chi connectivity index (χ2n) is 7.57. The van der Waals surface area contributed by atoms with Gasteiger partial charge in [-0.25, -0.2) is 8.78 Å². The molecule has 0 aliphatic carbocycles. The smallest absolute Gasteiger partial charge is 0.335 e. The van der Waals surface area contributed by atoms with Gasteiger partial charge in [0.1, 0.15) is 0 Å². The number of aromatic nitrogens is 3. The second-order valence-corrected chi connectivity index (χ2v) is 7.57. The van der Waals surface area contributed by atoms with Crippen LogP contribution in [0.2, 0.25) is 0 Å². The predicted molar refractivity (Wildman–Crippen MR) is 88.7 cm³/mol. The highest BCUT2D eigenvalue weighted by molar-refractivity contribution is 5.78. The molecule has 2 N–H and O–H groups in total. The van der Waals surface area contributed by atoms with Gasteiger partial charge < -0.3 is 20.1 Å². The summed E-state index contributed by atoms with van der Waals surface area (Å²) >= 11 is 0. The molecule has 1 aromatic heterocycles. The molecule has 0 spiro atoms. The maximum Gasteiger partial charge on any atom is 0.461 e. The molecular weight excluding hydrogens is 441 g/mol. The lowest BCUT2D eigenvalue weighted by molar-refractivity contribution is -0.293. The van der Waals surface area contributed by atoms with Gasteiger partial charge in [-0.3, -0.25) is 9.59 Å². The first-order chi connectivity index (χ1) is 14.2. The van der Waals surface area contributed by atoms with Gasteiger partial charge in [-0.15, -0.1) is 10.2 Å². The van der Waals surface area contributed by atoms with Gasteiger partial charge in [0.25, 0.3) is 5.92 Å². The van der Waals surface area contributed by atoms with Crippen LogP contribution in [0.3, 0.4) is 0 Å². The van der Waals surface area contributed by atoms with Crippen LogP contribution in [0, 0.1) is 0 Å². The van der Waals surface area contributed by atoms with Gasteiger partial charge in [-0.1, -0.05) is 0 Å². The summed E-state index contributed by atoms with van der Waals surface area (Å²) in [5.41, 5.74) is 5.82. The Bertz CT molecular complexity index is 856. The van der Waals surface area contributed by atoms with Crippen LogP contribution < -0.4 is 5.73 Å². The van der Waals surface area contributed by atoms with Crippen LogP contribution in [0.25, 0.3) is 0 Å². The Labute approximate surface area is 171 Å². The van der Waals surface area contributed by atoms with Crippen molar-refractivity contribution in [3.05, 3.63) is 11.6 Å². The van der Waals surface area contributed by atoms with Gasteiger partial charge in [0.05, 0.1) is 13.1 Å². The van der Waals surface area contributed by atoms with Crippen LogP contribution in [0.4, 0.5) is 30.7 Å². The predicted octanol–water partition coefficient (Wildman–Crippen LogP) is 1.25. The highest BCUT2D eigenvalue weighted by atomic mass is 19.4. The Morgan fingerprint density at radius 2 is 1.84 bits per heavy atom. The van der Waals surface area contributed by atoms with Crippen molar-refractivity contribution >= 4 is 11.8 Å². The van der Waals surface area contributed by atoms with Crippen molar-refractivity contribution in [1.29, 1.82) is 0 Å². The summed E-state index contributed by atoms with van der Waals surface area (Å²) < 4.78 is 92.6. The maximum absolute atomic E-state index is 13.6. The third kappa shape index (κ3) is 4.75. The van der Waals surface area contributed by atoms with Gasteiger partial charge in [-0.2, -0.15) is 22.0 Å². The van der Waals surface area contributed by atoms with Crippen LogP contribution >= 0.6 is 0 Å². The van der Waals surface area contributed by atoms with Crippen molar-refractivity contribution in [3.63, 3.8) is 0 Å². The summed E-state index contributed by atoms with van der Waals surface area (Å²) in [5.74, 6) is -11.1. The van der Waals surface area contributed by atoms with E-state index in [2.05, 4.69) is 10.2 Å². The van der Waals surface area contributed by atoms with E-state index in [9.17, 15) is 40.3 Å². The number of carbonyl (C=O) groups is 2. The maximum atomic E-state index is 13.6. The molecule has 15 heteroatoms. The Morgan fingerprint density at radius 3 is 2.48 bits per heavy atom. The first-order valence-corrected chi connectivity index (χ1v) is 9.27. The number of rotatable bonds is 5. The van der Waals surface area contributed by atoms with E-state index in [1.807, 2.05) is 0 Å². The summed E-state index contributed by atoms with van der Waals surface area (Å²) in [5, 5.41) is 6.29. The van der Waals surface area contributed by atoms with E-state index in [1.54, 1.807) is 0 Å². The Morgan fingerprint density at radius 1 is 1.16 bits per heavy atom. The zero-order chi connectivity index (χ0) is 23.2. The standard InChI is InChI=1S/C16H19F7N6O2/c17-14(18)2-1-11(30)28(8-14)6-9(24)5-12(31)27-3-4-29-10(7-27)25-26-13(29)15(19,20)16(21,22)23/h9H,1-8,24H2. The normalized spacial score (nSPS) is 20.6. The van der Waals surface area contributed by atoms with Gasteiger partial charge in [-0.05, 0) is 0 Å². The number of hydrogen-bond acceptors (Lipinski definition) is 5. The minimum Gasteiger partial charge on any atom is -0.335 e. The molecule has 0 saturated carbocycles. The molecule has 1 saturated heterocycles. The molecule has 1 unspecified atom stereocenters. The Kier molecular flexibility index (Phi) is 5.92. The molecule has 3 heterocycles.